The monoisotopic (exact) mass is 354 g/mol. The molecule has 6 nitrogen and oxygen atoms in total. The van der Waals surface area contributed by atoms with Crippen LogP contribution >= 0.6 is 0 Å². The van der Waals surface area contributed by atoms with Crippen LogP contribution in [0.5, 0.6) is 5.75 Å². The molecule has 1 aromatic carbocycles. The van der Waals surface area contributed by atoms with E-state index in [4.69, 9.17) is 10.5 Å². The second kappa shape index (κ2) is 7.53. The fraction of sp³-hybridized carbons (Fsp3) is 0.588. The molecule has 1 aliphatic rings. The molecule has 1 heterocycles. The molecule has 1 aliphatic heterocycles. The molecule has 2 N–H and O–H groups in total. The molecule has 0 radical (unpaired) electrons. The van der Waals surface area contributed by atoms with Crippen molar-refractivity contribution in [2.24, 2.45) is 0 Å². The zero-order valence-electron chi connectivity index (χ0n) is 14.5. The van der Waals surface area contributed by atoms with Crippen molar-refractivity contribution < 1.29 is 17.9 Å². The molecule has 2 rings (SSSR count). The molecular weight excluding hydrogens is 328 g/mol. The lowest BCUT2D eigenvalue weighted by Crippen LogP contribution is -2.25. The van der Waals surface area contributed by atoms with Crippen molar-refractivity contribution >= 4 is 21.3 Å². The Hall–Kier alpha value is -1.60. The van der Waals surface area contributed by atoms with E-state index >= 15 is 0 Å². The van der Waals surface area contributed by atoms with E-state index in [2.05, 4.69) is 11.9 Å². The summed E-state index contributed by atoms with van der Waals surface area (Å²) in [5, 5.41) is 0. The molecular formula is C17H26N2O4S. The largest absolute Gasteiger partial charge is 0.496 e. The number of carbonyl (C=O) groups is 1. The van der Waals surface area contributed by atoms with Gasteiger partial charge in [-0.1, -0.05) is 6.92 Å². The lowest BCUT2D eigenvalue weighted by atomic mass is 10.0. The second-order valence-electron chi connectivity index (χ2n) is 6.23. The number of hydrogen-bond donors (Lipinski definition) is 1. The Morgan fingerprint density at radius 1 is 1.42 bits per heavy atom. The first-order chi connectivity index (χ1) is 11.3. The average molecular weight is 354 g/mol. The number of nitrogens with two attached hydrogens (primary N) is 1. The highest BCUT2D eigenvalue weighted by Crippen LogP contribution is 2.31. The number of nitrogen functional groups attached to an aromatic ring is 1. The van der Waals surface area contributed by atoms with Gasteiger partial charge in [0, 0.05) is 18.5 Å². The Morgan fingerprint density at radius 2 is 2.12 bits per heavy atom. The van der Waals surface area contributed by atoms with Gasteiger partial charge in [-0.05, 0) is 38.9 Å². The molecule has 0 bridgehead atoms. The van der Waals surface area contributed by atoms with Gasteiger partial charge >= 0.3 is 0 Å². The van der Waals surface area contributed by atoms with E-state index in [1.165, 1.54) is 19.2 Å². The number of hydrogen-bond acceptors (Lipinski definition) is 6. The predicted molar refractivity (Wildman–Crippen MR) is 94.3 cm³/mol. The smallest absolute Gasteiger partial charge is 0.180 e. The summed E-state index contributed by atoms with van der Waals surface area (Å²) in [7, 11) is 0.0258. The van der Waals surface area contributed by atoms with Crippen molar-refractivity contribution in [3.05, 3.63) is 17.7 Å². The lowest BCUT2D eigenvalue weighted by molar-refractivity contribution is 0.0967. The van der Waals surface area contributed by atoms with Crippen LogP contribution in [0, 0.1) is 0 Å². The molecule has 1 atom stereocenters. The Balaban J connectivity index is 2.27. The van der Waals surface area contributed by atoms with Gasteiger partial charge in [-0.25, -0.2) is 8.42 Å². The Bertz CT molecular complexity index is 716. The third kappa shape index (κ3) is 3.89. The van der Waals surface area contributed by atoms with Crippen LogP contribution in [0.3, 0.4) is 0 Å². The minimum Gasteiger partial charge on any atom is -0.496 e. The van der Waals surface area contributed by atoms with Crippen LogP contribution in [0.4, 0.5) is 5.69 Å². The van der Waals surface area contributed by atoms with Crippen LogP contribution in [0.1, 0.15) is 43.0 Å². The van der Waals surface area contributed by atoms with Crippen molar-refractivity contribution in [1.82, 2.24) is 4.90 Å². The van der Waals surface area contributed by atoms with Gasteiger partial charge in [0.2, 0.25) is 0 Å². The highest BCUT2D eigenvalue weighted by Gasteiger charge is 2.25. The lowest BCUT2D eigenvalue weighted by Gasteiger charge is -2.19. The molecule has 0 aromatic heterocycles. The number of ether oxygens (including phenoxy) is 1. The number of nitrogens with zero attached hydrogens (tertiary/aromatic N) is 1. The molecule has 0 aliphatic carbocycles. The first-order valence-electron chi connectivity index (χ1n) is 8.23. The maximum absolute atomic E-state index is 12.6. The summed E-state index contributed by atoms with van der Waals surface area (Å²) in [5.74, 6) is 0.149. The van der Waals surface area contributed by atoms with Crippen molar-refractivity contribution in [2.45, 2.75) is 43.5 Å². The van der Waals surface area contributed by atoms with E-state index in [1.54, 1.807) is 6.92 Å². The molecule has 0 amide bonds. The van der Waals surface area contributed by atoms with Crippen molar-refractivity contribution in [1.29, 1.82) is 0 Å². The van der Waals surface area contributed by atoms with Crippen molar-refractivity contribution in [3.8, 4) is 5.75 Å². The van der Waals surface area contributed by atoms with Gasteiger partial charge in [-0.2, -0.15) is 0 Å². The number of benzene rings is 1. The van der Waals surface area contributed by atoms with E-state index in [0.717, 1.165) is 25.8 Å². The van der Waals surface area contributed by atoms with Crippen LogP contribution in [-0.2, 0) is 9.84 Å². The van der Waals surface area contributed by atoms with E-state index in [0.29, 0.717) is 23.8 Å². The summed E-state index contributed by atoms with van der Waals surface area (Å²) in [5.41, 5.74) is 6.25. The minimum atomic E-state index is -3.49. The molecule has 134 valence electrons. The Morgan fingerprint density at radius 3 is 2.67 bits per heavy atom. The van der Waals surface area contributed by atoms with Gasteiger partial charge in [0.15, 0.2) is 15.6 Å². The van der Waals surface area contributed by atoms with E-state index in [1.807, 2.05) is 0 Å². The number of Topliss-reactive ketones (excluding diaryl/α,β-unsaturated/α-hetero) is 1. The fourth-order valence-corrected chi connectivity index (χ4v) is 4.19. The van der Waals surface area contributed by atoms with Gasteiger partial charge < -0.3 is 15.4 Å². The third-order valence-corrected chi connectivity index (χ3v) is 6.51. The molecule has 24 heavy (non-hydrogen) atoms. The molecule has 7 heteroatoms. The van der Waals surface area contributed by atoms with E-state index < -0.39 is 9.84 Å². The molecule has 1 unspecified atom stereocenters. The third-order valence-electron chi connectivity index (χ3n) is 4.72. The summed E-state index contributed by atoms with van der Waals surface area (Å²) in [4.78, 5) is 14.9. The van der Waals surface area contributed by atoms with E-state index in [9.17, 15) is 13.2 Å². The molecule has 1 aromatic rings. The van der Waals surface area contributed by atoms with Gasteiger partial charge in [0.25, 0.3) is 0 Å². The summed E-state index contributed by atoms with van der Waals surface area (Å²) in [6.07, 6.45) is 3.37. The van der Waals surface area contributed by atoms with Gasteiger partial charge in [0.1, 0.15) is 5.75 Å². The number of rotatable bonds is 7. The summed E-state index contributed by atoms with van der Waals surface area (Å²) in [6, 6.07) is 3.21. The molecule has 0 saturated carbocycles. The highest BCUT2D eigenvalue weighted by molar-refractivity contribution is 7.91. The normalized spacial score (nSPS) is 18.7. The second-order valence-corrected chi connectivity index (χ2v) is 8.48. The average Bonchev–Trinajstić information content (AvgIpc) is 2.97. The van der Waals surface area contributed by atoms with Crippen LogP contribution in [0.15, 0.2) is 17.0 Å². The number of anilines is 1. The topological polar surface area (TPSA) is 89.7 Å². The maximum atomic E-state index is 12.6. The zero-order valence-corrected chi connectivity index (χ0v) is 15.4. The number of ketones is 1. The number of carbonyl (C=O) groups excluding carboxylic acids is 1. The van der Waals surface area contributed by atoms with Crippen LogP contribution < -0.4 is 10.5 Å². The van der Waals surface area contributed by atoms with Crippen molar-refractivity contribution in [2.75, 3.05) is 32.2 Å². The fourth-order valence-electron chi connectivity index (χ4n) is 3.16. The molecule has 1 fully saturated rings. The van der Waals surface area contributed by atoms with Gasteiger partial charge in [0.05, 0.1) is 29.0 Å². The summed E-state index contributed by atoms with van der Waals surface area (Å²) in [6.45, 7) is 2.61. The quantitative estimate of drug-likeness (QED) is 0.596. The molecule has 0 spiro atoms. The zero-order chi connectivity index (χ0) is 17.9. The van der Waals surface area contributed by atoms with Gasteiger partial charge in [-0.15, -0.1) is 0 Å². The summed E-state index contributed by atoms with van der Waals surface area (Å²) < 4.78 is 29.6. The van der Waals surface area contributed by atoms with Crippen molar-refractivity contribution in [3.63, 3.8) is 0 Å². The van der Waals surface area contributed by atoms with Gasteiger partial charge in [-0.3, -0.25) is 4.79 Å². The highest BCUT2D eigenvalue weighted by atomic mass is 32.2. The van der Waals surface area contributed by atoms with Crippen LogP contribution in [-0.4, -0.2) is 51.6 Å². The minimum absolute atomic E-state index is 0.00661. The van der Waals surface area contributed by atoms with Crippen LogP contribution in [0.2, 0.25) is 0 Å². The first kappa shape index (κ1) is 18.7. The van der Waals surface area contributed by atoms with E-state index in [-0.39, 0.29) is 22.1 Å². The standard InChI is InChI=1S/C17H26N2O4S/c1-4-24(21,22)17-10-13(16(23-3)11-14(17)18)15(20)8-7-12-6-5-9-19(12)2/h10-12H,4-9,18H2,1-3H3. The first-order valence-corrected chi connectivity index (χ1v) is 9.89. The maximum Gasteiger partial charge on any atom is 0.180 e. The number of methoxy groups -OCH3 is 1. The van der Waals surface area contributed by atoms with Crippen LogP contribution in [0.25, 0.3) is 0 Å². The number of likely N-dealkylation sites (tertiary alicyclic amines) is 1. The Labute approximate surface area is 143 Å². The SMILES string of the molecule is CCS(=O)(=O)c1cc(C(=O)CCC2CCCN2C)c(OC)cc1N. The Kier molecular flexibility index (Phi) is 5.87. The summed E-state index contributed by atoms with van der Waals surface area (Å²) >= 11 is 0. The number of sulfone groups is 1. The molecule has 1 saturated heterocycles. The predicted octanol–water partition coefficient (Wildman–Crippen LogP) is 2.13.